The predicted octanol–water partition coefficient (Wildman–Crippen LogP) is 4.19. The molecule has 0 radical (unpaired) electrons. The van der Waals surface area contributed by atoms with E-state index in [-0.39, 0.29) is 0 Å². The van der Waals surface area contributed by atoms with Crippen molar-refractivity contribution in [1.82, 2.24) is 4.98 Å². The number of hydrogen-bond donors (Lipinski definition) is 1. The lowest BCUT2D eigenvalue weighted by molar-refractivity contribution is 0.600. The molecule has 6 heteroatoms. The van der Waals surface area contributed by atoms with Gasteiger partial charge in [-0.15, -0.1) is 0 Å². The summed E-state index contributed by atoms with van der Waals surface area (Å²) in [6, 6.07) is 7.47. The van der Waals surface area contributed by atoms with E-state index in [4.69, 9.17) is 0 Å². The number of nitrogens with zero attached hydrogens (tertiary/aromatic N) is 2. The van der Waals surface area contributed by atoms with Crippen molar-refractivity contribution in [3.8, 4) is 0 Å². The molecule has 1 fully saturated rings. The Morgan fingerprint density at radius 2 is 1.58 bits per heavy atom. The maximum absolute atomic E-state index is 12.8. The van der Waals surface area contributed by atoms with E-state index in [0.29, 0.717) is 10.7 Å². The summed E-state index contributed by atoms with van der Waals surface area (Å²) in [6.45, 7) is 7.69. The zero-order chi connectivity index (χ0) is 18.7. The summed E-state index contributed by atoms with van der Waals surface area (Å²) in [7, 11) is -3.66. The molecule has 1 aliphatic rings. The average Bonchev–Trinajstić information content (AvgIpc) is 2.83. The minimum absolute atomic E-state index is 0.335. The standard InChI is InChI=1S/C20H27N3O2S/c1-15-12-16(2)20(17(3)13-15)26(24,25)22-19-9-8-18(14-21-19)23-10-6-4-5-7-11-23/h8-9,12-14H,4-7,10-11H2,1-3H3,(H,21,22). The van der Waals surface area contributed by atoms with Gasteiger partial charge >= 0.3 is 0 Å². The SMILES string of the molecule is Cc1cc(C)c(S(=O)(=O)Nc2ccc(N3CCCCCC3)cn2)c(C)c1. The highest BCUT2D eigenvalue weighted by Crippen LogP contribution is 2.25. The predicted molar refractivity (Wildman–Crippen MR) is 106 cm³/mol. The summed E-state index contributed by atoms with van der Waals surface area (Å²) < 4.78 is 28.3. The third kappa shape index (κ3) is 4.18. The van der Waals surface area contributed by atoms with Gasteiger partial charge < -0.3 is 4.90 Å². The van der Waals surface area contributed by atoms with Crippen molar-refractivity contribution in [3.63, 3.8) is 0 Å². The third-order valence-corrected chi connectivity index (χ3v) is 6.49. The van der Waals surface area contributed by atoms with E-state index in [2.05, 4.69) is 14.6 Å². The maximum Gasteiger partial charge on any atom is 0.263 e. The molecule has 2 heterocycles. The molecule has 0 spiro atoms. The van der Waals surface area contributed by atoms with Crippen molar-refractivity contribution in [2.75, 3.05) is 22.7 Å². The number of hydrogen-bond acceptors (Lipinski definition) is 4. The smallest absolute Gasteiger partial charge is 0.263 e. The second-order valence-corrected chi connectivity index (χ2v) is 8.76. The normalized spacial score (nSPS) is 15.6. The van der Waals surface area contributed by atoms with E-state index >= 15 is 0 Å². The summed E-state index contributed by atoms with van der Waals surface area (Å²) >= 11 is 0. The largest absolute Gasteiger partial charge is 0.370 e. The molecular weight excluding hydrogens is 346 g/mol. The van der Waals surface area contributed by atoms with E-state index in [9.17, 15) is 8.42 Å². The van der Waals surface area contributed by atoms with Gasteiger partial charge in [-0.05, 0) is 56.9 Å². The van der Waals surface area contributed by atoms with Gasteiger partial charge in [0.05, 0.1) is 16.8 Å². The average molecular weight is 374 g/mol. The number of sulfonamides is 1. The summed E-state index contributed by atoms with van der Waals surface area (Å²) in [6.07, 6.45) is 6.70. The summed E-state index contributed by atoms with van der Waals surface area (Å²) in [5.74, 6) is 0.350. The zero-order valence-electron chi connectivity index (χ0n) is 15.7. The molecule has 1 aromatic heterocycles. The van der Waals surface area contributed by atoms with Crippen LogP contribution in [-0.2, 0) is 10.0 Å². The Morgan fingerprint density at radius 3 is 2.12 bits per heavy atom. The van der Waals surface area contributed by atoms with Crippen molar-refractivity contribution in [2.45, 2.75) is 51.3 Å². The van der Waals surface area contributed by atoms with Crippen molar-refractivity contribution in [1.29, 1.82) is 0 Å². The Kier molecular flexibility index (Phi) is 5.51. The van der Waals surface area contributed by atoms with Crippen LogP contribution in [0.4, 0.5) is 11.5 Å². The summed E-state index contributed by atoms with van der Waals surface area (Å²) in [5, 5.41) is 0. The topological polar surface area (TPSA) is 62.3 Å². The lowest BCUT2D eigenvalue weighted by atomic mass is 10.1. The molecule has 3 rings (SSSR count). The van der Waals surface area contributed by atoms with E-state index < -0.39 is 10.0 Å². The van der Waals surface area contributed by atoms with Gasteiger partial charge in [-0.25, -0.2) is 13.4 Å². The molecule has 0 aliphatic carbocycles. The highest BCUT2D eigenvalue weighted by molar-refractivity contribution is 7.92. The van der Waals surface area contributed by atoms with E-state index in [0.717, 1.165) is 35.5 Å². The summed E-state index contributed by atoms with van der Waals surface area (Å²) in [5.41, 5.74) is 3.60. The Balaban J connectivity index is 1.80. The highest BCUT2D eigenvalue weighted by Gasteiger charge is 2.20. The van der Waals surface area contributed by atoms with Crippen LogP contribution in [0.5, 0.6) is 0 Å². The fraction of sp³-hybridized carbons (Fsp3) is 0.450. The lowest BCUT2D eigenvalue weighted by Gasteiger charge is -2.22. The Bertz CT molecular complexity index is 845. The van der Waals surface area contributed by atoms with E-state index in [1.807, 2.05) is 39.0 Å². The van der Waals surface area contributed by atoms with E-state index in [1.165, 1.54) is 25.7 Å². The molecule has 0 amide bonds. The second-order valence-electron chi connectivity index (χ2n) is 7.14. The monoisotopic (exact) mass is 373 g/mol. The minimum Gasteiger partial charge on any atom is -0.370 e. The molecule has 0 unspecified atom stereocenters. The minimum atomic E-state index is -3.66. The van der Waals surface area contributed by atoms with Gasteiger partial charge in [-0.1, -0.05) is 30.5 Å². The number of benzene rings is 1. The number of pyridine rings is 1. The molecule has 1 saturated heterocycles. The van der Waals surface area contributed by atoms with Gasteiger partial charge in [0.15, 0.2) is 0 Å². The van der Waals surface area contributed by atoms with Gasteiger partial charge in [0.2, 0.25) is 0 Å². The number of nitrogens with one attached hydrogen (secondary N) is 1. The Hall–Kier alpha value is -2.08. The van der Waals surface area contributed by atoms with Crippen LogP contribution in [-0.4, -0.2) is 26.5 Å². The molecule has 0 atom stereocenters. The lowest BCUT2D eigenvalue weighted by Crippen LogP contribution is -2.24. The molecule has 1 aromatic carbocycles. The quantitative estimate of drug-likeness (QED) is 0.873. The highest BCUT2D eigenvalue weighted by atomic mass is 32.2. The van der Waals surface area contributed by atoms with Crippen molar-refractivity contribution in [2.24, 2.45) is 0 Å². The molecular formula is C20H27N3O2S. The third-order valence-electron chi connectivity index (χ3n) is 4.83. The number of rotatable bonds is 4. The van der Waals surface area contributed by atoms with Crippen LogP contribution in [0.1, 0.15) is 42.4 Å². The first-order chi connectivity index (χ1) is 12.4. The fourth-order valence-electron chi connectivity index (χ4n) is 3.74. The number of aryl methyl sites for hydroxylation is 3. The number of anilines is 2. The van der Waals surface area contributed by atoms with Crippen LogP contribution in [0.3, 0.4) is 0 Å². The van der Waals surface area contributed by atoms with Crippen molar-refractivity contribution >= 4 is 21.5 Å². The molecule has 1 aliphatic heterocycles. The van der Waals surface area contributed by atoms with Crippen LogP contribution in [0, 0.1) is 20.8 Å². The molecule has 0 bridgehead atoms. The van der Waals surface area contributed by atoms with Gasteiger partial charge in [0, 0.05) is 13.1 Å². The number of aromatic nitrogens is 1. The first kappa shape index (κ1) is 18.7. The first-order valence-corrected chi connectivity index (χ1v) is 10.7. The Morgan fingerprint density at radius 1 is 0.962 bits per heavy atom. The van der Waals surface area contributed by atoms with Gasteiger partial charge in [0.25, 0.3) is 10.0 Å². The maximum atomic E-state index is 12.8. The molecule has 5 nitrogen and oxygen atoms in total. The van der Waals surface area contributed by atoms with E-state index in [1.54, 1.807) is 12.3 Å². The molecule has 0 saturated carbocycles. The van der Waals surface area contributed by atoms with Crippen LogP contribution in [0.2, 0.25) is 0 Å². The second kappa shape index (κ2) is 7.66. The molecule has 140 valence electrons. The molecule has 1 N–H and O–H groups in total. The van der Waals surface area contributed by atoms with Gasteiger partial charge in [-0.3, -0.25) is 4.72 Å². The fourth-order valence-corrected chi connectivity index (χ4v) is 5.21. The van der Waals surface area contributed by atoms with Gasteiger partial charge in [0.1, 0.15) is 5.82 Å². The van der Waals surface area contributed by atoms with Crippen LogP contribution >= 0.6 is 0 Å². The van der Waals surface area contributed by atoms with Gasteiger partial charge in [-0.2, -0.15) is 0 Å². The van der Waals surface area contributed by atoms with Crippen molar-refractivity contribution < 1.29 is 8.42 Å². The molecule has 2 aromatic rings. The van der Waals surface area contributed by atoms with Crippen LogP contribution in [0.25, 0.3) is 0 Å². The Labute approximate surface area is 156 Å². The zero-order valence-corrected chi connectivity index (χ0v) is 16.6. The van der Waals surface area contributed by atoms with Crippen LogP contribution in [0.15, 0.2) is 35.4 Å². The molecule has 26 heavy (non-hydrogen) atoms. The van der Waals surface area contributed by atoms with Crippen LogP contribution < -0.4 is 9.62 Å². The first-order valence-electron chi connectivity index (χ1n) is 9.18. The summed E-state index contributed by atoms with van der Waals surface area (Å²) in [4.78, 5) is 7.00. The van der Waals surface area contributed by atoms with Crippen molar-refractivity contribution in [3.05, 3.63) is 47.2 Å².